The Kier molecular flexibility index (Phi) is 3.49. The van der Waals surface area contributed by atoms with Crippen LogP contribution in [0.2, 0.25) is 0 Å². The number of nitrogens with zero attached hydrogens (tertiary/aromatic N) is 3. The summed E-state index contributed by atoms with van der Waals surface area (Å²) in [6.45, 7) is 3.05. The standard InChI is InChI=1S/C13H14N4O/c1-10-2-3-11(7-14)6-13(10)18-5-4-17-9-12(15)8-16-17/h2-3,6,8-9H,4-5,15H2,1H3. The quantitative estimate of drug-likeness (QED) is 0.885. The van der Waals surface area contributed by atoms with Gasteiger partial charge < -0.3 is 10.5 Å². The first-order valence-electron chi connectivity index (χ1n) is 5.60. The van der Waals surface area contributed by atoms with Crippen LogP contribution in [0.5, 0.6) is 5.75 Å². The minimum atomic E-state index is 0.483. The molecule has 2 aromatic rings. The monoisotopic (exact) mass is 242 g/mol. The molecule has 0 spiro atoms. The maximum atomic E-state index is 8.83. The fraction of sp³-hybridized carbons (Fsp3) is 0.231. The molecule has 0 aliphatic rings. The Balaban J connectivity index is 1.96. The third-order valence-corrected chi connectivity index (χ3v) is 2.55. The van der Waals surface area contributed by atoms with Crippen molar-refractivity contribution in [1.29, 1.82) is 5.26 Å². The van der Waals surface area contributed by atoms with Crippen molar-refractivity contribution in [2.45, 2.75) is 13.5 Å². The summed E-state index contributed by atoms with van der Waals surface area (Å²) in [6, 6.07) is 7.48. The number of nitrogen functional groups attached to an aromatic ring is 1. The summed E-state index contributed by atoms with van der Waals surface area (Å²) < 4.78 is 7.36. The lowest BCUT2D eigenvalue weighted by molar-refractivity contribution is 0.289. The van der Waals surface area contributed by atoms with E-state index in [0.717, 1.165) is 11.3 Å². The molecular weight excluding hydrogens is 228 g/mol. The summed E-state index contributed by atoms with van der Waals surface area (Å²) in [4.78, 5) is 0. The maximum absolute atomic E-state index is 8.83. The average Bonchev–Trinajstić information content (AvgIpc) is 2.77. The Morgan fingerprint density at radius 3 is 3.00 bits per heavy atom. The van der Waals surface area contributed by atoms with Gasteiger partial charge in [0, 0.05) is 6.20 Å². The summed E-state index contributed by atoms with van der Waals surface area (Å²) >= 11 is 0. The van der Waals surface area contributed by atoms with Crippen molar-refractivity contribution in [3.05, 3.63) is 41.7 Å². The zero-order chi connectivity index (χ0) is 13.0. The lowest BCUT2D eigenvalue weighted by atomic mass is 10.1. The molecule has 0 unspecified atom stereocenters. The highest BCUT2D eigenvalue weighted by Crippen LogP contribution is 2.19. The number of aromatic nitrogens is 2. The lowest BCUT2D eigenvalue weighted by Crippen LogP contribution is -2.09. The molecule has 0 saturated carbocycles. The van der Waals surface area contributed by atoms with Crippen molar-refractivity contribution in [2.24, 2.45) is 0 Å². The van der Waals surface area contributed by atoms with Crippen LogP contribution in [0.1, 0.15) is 11.1 Å². The third kappa shape index (κ3) is 2.80. The number of nitrogens with two attached hydrogens (primary N) is 1. The van der Waals surface area contributed by atoms with Gasteiger partial charge in [0.25, 0.3) is 0 Å². The molecule has 0 bridgehead atoms. The first kappa shape index (κ1) is 12.0. The smallest absolute Gasteiger partial charge is 0.123 e. The van der Waals surface area contributed by atoms with Gasteiger partial charge >= 0.3 is 0 Å². The van der Waals surface area contributed by atoms with E-state index in [1.807, 2.05) is 13.0 Å². The van der Waals surface area contributed by atoms with Crippen LogP contribution in [0.3, 0.4) is 0 Å². The largest absolute Gasteiger partial charge is 0.491 e. The number of ether oxygens (including phenoxy) is 1. The minimum Gasteiger partial charge on any atom is -0.491 e. The number of hydrogen-bond donors (Lipinski definition) is 1. The van der Waals surface area contributed by atoms with Gasteiger partial charge in [0.05, 0.1) is 30.1 Å². The molecule has 0 radical (unpaired) electrons. The Labute approximate surface area is 105 Å². The van der Waals surface area contributed by atoms with Crippen LogP contribution in [0, 0.1) is 18.3 Å². The van der Waals surface area contributed by atoms with Gasteiger partial charge in [-0.15, -0.1) is 0 Å². The molecule has 18 heavy (non-hydrogen) atoms. The first-order chi connectivity index (χ1) is 8.69. The summed E-state index contributed by atoms with van der Waals surface area (Å²) in [5.74, 6) is 0.731. The molecule has 5 nitrogen and oxygen atoms in total. The van der Waals surface area contributed by atoms with E-state index >= 15 is 0 Å². The number of rotatable bonds is 4. The van der Waals surface area contributed by atoms with Gasteiger partial charge in [-0.25, -0.2) is 0 Å². The second kappa shape index (κ2) is 5.23. The van der Waals surface area contributed by atoms with Crippen molar-refractivity contribution < 1.29 is 4.74 Å². The van der Waals surface area contributed by atoms with Crippen LogP contribution in [-0.2, 0) is 6.54 Å². The minimum absolute atomic E-state index is 0.483. The highest BCUT2D eigenvalue weighted by molar-refractivity contribution is 5.41. The Morgan fingerprint density at radius 1 is 1.50 bits per heavy atom. The van der Waals surface area contributed by atoms with E-state index in [1.54, 1.807) is 29.2 Å². The molecule has 5 heteroatoms. The second-order valence-corrected chi connectivity index (χ2v) is 3.98. The maximum Gasteiger partial charge on any atom is 0.123 e. The Hall–Kier alpha value is -2.48. The number of anilines is 1. The van der Waals surface area contributed by atoms with Gasteiger partial charge in [-0.3, -0.25) is 4.68 Å². The SMILES string of the molecule is Cc1ccc(C#N)cc1OCCn1cc(N)cn1. The molecule has 0 fully saturated rings. The molecular formula is C13H14N4O. The van der Waals surface area contributed by atoms with Gasteiger partial charge in [0.2, 0.25) is 0 Å². The normalized spacial score (nSPS) is 10.0. The van der Waals surface area contributed by atoms with E-state index in [4.69, 9.17) is 15.7 Å². The Morgan fingerprint density at radius 2 is 2.33 bits per heavy atom. The van der Waals surface area contributed by atoms with E-state index in [2.05, 4.69) is 11.2 Å². The van der Waals surface area contributed by atoms with Crippen molar-refractivity contribution in [2.75, 3.05) is 12.3 Å². The van der Waals surface area contributed by atoms with Gasteiger partial charge in [-0.05, 0) is 24.6 Å². The highest BCUT2D eigenvalue weighted by atomic mass is 16.5. The van der Waals surface area contributed by atoms with Crippen LogP contribution >= 0.6 is 0 Å². The van der Waals surface area contributed by atoms with Gasteiger partial charge in [0.15, 0.2) is 0 Å². The summed E-state index contributed by atoms with van der Waals surface area (Å²) in [5.41, 5.74) is 7.80. The summed E-state index contributed by atoms with van der Waals surface area (Å²) in [6.07, 6.45) is 3.35. The zero-order valence-corrected chi connectivity index (χ0v) is 10.1. The average molecular weight is 242 g/mol. The number of benzene rings is 1. The first-order valence-corrected chi connectivity index (χ1v) is 5.60. The van der Waals surface area contributed by atoms with Gasteiger partial charge in [0.1, 0.15) is 12.4 Å². The predicted molar refractivity (Wildman–Crippen MR) is 68.0 cm³/mol. The Bertz CT molecular complexity index is 583. The van der Waals surface area contributed by atoms with E-state index in [1.165, 1.54) is 0 Å². The molecule has 2 N–H and O–H groups in total. The van der Waals surface area contributed by atoms with E-state index in [-0.39, 0.29) is 0 Å². The van der Waals surface area contributed by atoms with Crippen molar-refractivity contribution in [3.8, 4) is 11.8 Å². The highest BCUT2D eigenvalue weighted by Gasteiger charge is 2.02. The molecule has 0 aliphatic carbocycles. The number of aryl methyl sites for hydroxylation is 1. The van der Waals surface area contributed by atoms with Crippen molar-refractivity contribution in [1.82, 2.24) is 9.78 Å². The fourth-order valence-electron chi connectivity index (χ4n) is 1.58. The summed E-state index contributed by atoms with van der Waals surface area (Å²) in [7, 11) is 0. The topological polar surface area (TPSA) is 76.9 Å². The zero-order valence-electron chi connectivity index (χ0n) is 10.1. The van der Waals surface area contributed by atoms with Crippen molar-refractivity contribution >= 4 is 5.69 Å². The van der Waals surface area contributed by atoms with Crippen LogP contribution in [0.25, 0.3) is 0 Å². The molecule has 0 atom stereocenters. The van der Waals surface area contributed by atoms with Gasteiger partial charge in [-0.1, -0.05) is 6.07 Å². The lowest BCUT2D eigenvalue weighted by Gasteiger charge is -2.09. The third-order valence-electron chi connectivity index (χ3n) is 2.55. The second-order valence-electron chi connectivity index (χ2n) is 3.98. The van der Waals surface area contributed by atoms with Crippen LogP contribution in [0.4, 0.5) is 5.69 Å². The molecule has 92 valence electrons. The van der Waals surface area contributed by atoms with Crippen LogP contribution in [0.15, 0.2) is 30.6 Å². The summed E-state index contributed by atoms with van der Waals surface area (Å²) in [5, 5.41) is 12.9. The number of hydrogen-bond acceptors (Lipinski definition) is 4. The van der Waals surface area contributed by atoms with Crippen LogP contribution < -0.4 is 10.5 Å². The predicted octanol–water partition coefficient (Wildman–Crippen LogP) is 1.72. The molecule has 1 aromatic carbocycles. The molecule has 0 amide bonds. The molecule has 1 aromatic heterocycles. The van der Waals surface area contributed by atoms with Crippen LogP contribution in [-0.4, -0.2) is 16.4 Å². The molecule has 1 heterocycles. The van der Waals surface area contributed by atoms with Gasteiger partial charge in [-0.2, -0.15) is 10.4 Å². The van der Waals surface area contributed by atoms with E-state index < -0.39 is 0 Å². The fourth-order valence-corrected chi connectivity index (χ4v) is 1.58. The number of nitriles is 1. The molecule has 0 aliphatic heterocycles. The van der Waals surface area contributed by atoms with Crippen molar-refractivity contribution in [3.63, 3.8) is 0 Å². The van der Waals surface area contributed by atoms with E-state index in [9.17, 15) is 0 Å². The molecule has 2 rings (SSSR count). The molecule has 0 saturated heterocycles. The van der Waals surface area contributed by atoms with E-state index in [0.29, 0.717) is 24.4 Å².